The Morgan fingerprint density at radius 1 is 1.05 bits per heavy atom. The molecule has 3 aromatic rings. The molecule has 0 aliphatic carbocycles. The molecule has 0 radical (unpaired) electrons. The summed E-state index contributed by atoms with van der Waals surface area (Å²) < 4.78 is 6.59. The summed E-state index contributed by atoms with van der Waals surface area (Å²) in [6, 6.07) is 21.4. The van der Waals surface area contributed by atoms with Gasteiger partial charge in [-0.25, -0.2) is 0 Å². The number of amides is 3. The van der Waals surface area contributed by atoms with E-state index in [1.54, 1.807) is 36.4 Å². The van der Waals surface area contributed by atoms with Gasteiger partial charge in [-0.15, -0.1) is 0 Å². The maximum absolute atomic E-state index is 14.5. The van der Waals surface area contributed by atoms with Crippen LogP contribution in [0.3, 0.4) is 0 Å². The molecule has 8 nitrogen and oxygen atoms in total. The van der Waals surface area contributed by atoms with Crippen LogP contribution in [0.15, 0.2) is 78.9 Å². The highest BCUT2D eigenvalue weighted by Crippen LogP contribution is 2.61. The third kappa shape index (κ3) is 4.55. The highest BCUT2D eigenvalue weighted by atomic mass is 79.9. The van der Waals surface area contributed by atoms with Crippen molar-refractivity contribution in [1.82, 2.24) is 4.90 Å². The van der Waals surface area contributed by atoms with Crippen LogP contribution in [0.4, 0.5) is 11.4 Å². The number of hydrogen-bond acceptors (Lipinski definition) is 5. The van der Waals surface area contributed by atoms with E-state index >= 15 is 0 Å². The molecule has 3 aliphatic rings. The van der Waals surface area contributed by atoms with Crippen molar-refractivity contribution in [3.63, 3.8) is 0 Å². The lowest BCUT2D eigenvalue weighted by atomic mass is 9.70. The Morgan fingerprint density at radius 2 is 1.73 bits per heavy atom. The van der Waals surface area contributed by atoms with Crippen LogP contribution in [0.1, 0.15) is 23.6 Å². The highest BCUT2D eigenvalue weighted by Gasteiger charge is 2.77. The lowest BCUT2D eigenvalue weighted by molar-refractivity contribution is -0.143. The van der Waals surface area contributed by atoms with Gasteiger partial charge in [0, 0.05) is 10.5 Å². The predicted octanol–water partition coefficient (Wildman–Crippen LogP) is 4.71. The minimum atomic E-state index is -1.30. The number of carbonyl (C=O) groups excluding carboxylic acids is 3. The third-order valence-electron chi connectivity index (χ3n) is 8.48. The molecule has 10 heteroatoms. The Bertz CT molecular complexity index is 1470. The Balaban J connectivity index is 1.44. The molecule has 7 atom stereocenters. The SMILES string of the molecule is Cc1cccc(Cl)c1NC(=O)C1N([C@H](CO)c2ccccc2)C(=O)[C@@H]2[C@H](C(=O)Nc3ccccc3)[C@H]3OC12CC3Br. The van der Waals surface area contributed by atoms with Crippen LogP contribution in [-0.4, -0.2) is 56.9 Å². The molecule has 1 spiro atoms. The zero-order valence-corrected chi connectivity index (χ0v) is 24.5. The van der Waals surface area contributed by atoms with E-state index in [2.05, 4.69) is 26.6 Å². The van der Waals surface area contributed by atoms with E-state index < -0.39 is 54.0 Å². The van der Waals surface area contributed by atoms with Crippen LogP contribution >= 0.6 is 27.5 Å². The predicted molar refractivity (Wildman–Crippen MR) is 159 cm³/mol. The van der Waals surface area contributed by atoms with E-state index in [9.17, 15) is 19.5 Å². The topological polar surface area (TPSA) is 108 Å². The molecule has 3 N–H and O–H groups in total. The monoisotopic (exact) mass is 637 g/mol. The summed E-state index contributed by atoms with van der Waals surface area (Å²) in [7, 11) is 0. The number of aliphatic hydroxyl groups is 1. The Kier molecular flexibility index (Phi) is 7.40. The molecule has 3 heterocycles. The Labute approximate surface area is 251 Å². The zero-order chi connectivity index (χ0) is 28.9. The van der Waals surface area contributed by atoms with E-state index in [0.717, 1.165) is 5.56 Å². The lowest BCUT2D eigenvalue weighted by Crippen LogP contribution is -2.55. The van der Waals surface area contributed by atoms with Crippen molar-refractivity contribution in [2.75, 3.05) is 17.2 Å². The van der Waals surface area contributed by atoms with Gasteiger partial charge in [-0.05, 0) is 42.7 Å². The van der Waals surface area contributed by atoms with Gasteiger partial charge in [0.15, 0.2) is 0 Å². The first-order valence-electron chi connectivity index (χ1n) is 13.5. The summed E-state index contributed by atoms with van der Waals surface area (Å²) in [5.74, 6) is -3.02. The number of para-hydroxylation sites is 2. The summed E-state index contributed by atoms with van der Waals surface area (Å²) >= 11 is 10.1. The maximum Gasteiger partial charge on any atom is 0.250 e. The fourth-order valence-corrected chi connectivity index (χ4v) is 7.97. The molecule has 0 aromatic heterocycles. The van der Waals surface area contributed by atoms with Crippen molar-refractivity contribution in [3.05, 3.63) is 95.0 Å². The summed E-state index contributed by atoms with van der Waals surface area (Å²) in [5.41, 5.74) is 1.17. The average Bonchev–Trinajstić information content (AvgIpc) is 3.56. The van der Waals surface area contributed by atoms with Gasteiger partial charge in [0.2, 0.25) is 17.7 Å². The summed E-state index contributed by atoms with van der Waals surface area (Å²) in [6.07, 6.45) is -0.275. The second-order valence-electron chi connectivity index (χ2n) is 10.8. The number of anilines is 2. The minimum absolute atomic E-state index is 0.264. The summed E-state index contributed by atoms with van der Waals surface area (Å²) in [4.78, 5) is 43.7. The number of alkyl halides is 1. The van der Waals surface area contributed by atoms with Crippen LogP contribution in [0.2, 0.25) is 5.02 Å². The van der Waals surface area contributed by atoms with E-state index in [-0.39, 0.29) is 10.7 Å². The Hall–Kier alpha value is -3.24. The second kappa shape index (κ2) is 10.9. The minimum Gasteiger partial charge on any atom is -0.394 e. The van der Waals surface area contributed by atoms with Crippen molar-refractivity contribution in [3.8, 4) is 0 Å². The normalized spacial score (nSPS) is 28.8. The lowest BCUT2D eigenvalue weighted by Gasteiger charge is -2.37. The molecule has 41 heavy (non-hydrogen) atoms. The smallest absolute Gasteiger partial charge is 0.250 e. The fourth-order valence-electron chi connectivity index (χ4n) is 6.76. The number of aliphatic hydroxyl groups excluding tert-OH is 1. The number of rotatable bonds is 7. The summed E-state index contributed by atoms with van der Waals surface area (Å²) in [5, 5.41) is 16.9. The van der Waals surface area contributed by atoms with Gasteiger partial charge in [-0.1, -0.05) is 88.2 Å². The Morgan fingerprint density at radius 3 is 2.39 bits per heavy atom. The van der Waals surface area contributed by atoms with Crippen molar-refractivity contribution < 1.29 is 24.2 Å². The molecule has 0 saturated carbocycles. The van der Waals surface area contributed by atoms with Crippen LogP contribution < -0.4 is 10.6 Å². The first-order chi connectivity index (χ1) is 19.8. The number of hydrogen-bond donors (Lipinski definition) is 3. The first-order valence-corrected chi connectivity index (χ1v) is 14.8. The number of ether oxygens (including phenoxy) is 1. The number of fused-ring (bicyclic) bond motifs is 1. The second-order valence-corrected chi connectivity index (χ2v) is 12.4. The van der Waals surface area contributed by atoms with Gasteiger partial charge in [0.25, 0.3) is 0 Å². The van der Waals surface area contributed by atoms with Crippen LogP contribution in [-0.2, 0) is 19.1 Å². The molecule has 3 fully saturated rings. The molecular formula is C31H29BrClN3O5. The highest BCUT2D eigenvalue weighted by molar-refractivity contribution is 9.09. The number of carbonyl (C=O) groups is 3. The van der Waals surface area contributed by atoms with Gasteiger partial charge in [0.1, 0.15) is 11.6 Å². The van der Waals surface area contributed by atoms with Gasteiger partial charge in [-0.2, -0.15) is 0 Å². The molecule has 6 rings (SSSR count). The summed E-state index contributed by atoms with van der Waals surface area (Å²) in [6.45, 7) is 1.41. The molecule has 3 amide bonds. The molecule has 212 valence electrons. The van der Waals surface area contributed by atoms with Crippen LogP contribution in [0.5, 0.6) is 0 Å². The van der Waals surface area contributed by atoms with E-state index in [0.29, 0.717) is 28.4 Å². The molecule has 2 bridgehead atoms. The number of halogens is 2. The number of likely N-dealkylation sites (tertiary alicyclic amines) is 1. The third-order valence-corrected chi connectivity index (χ3v) is 9.64. The zero-order valence-electron chi connectivity index (χ0n) is 22.2. The number of nitrogens with one attached hydrogen (secondary N) is 2. The first kappa shape index (κ1) is 27.9. The van der Waals surface area contributed by atoms with Gasteiger partial charge in [0.05, 0.1) is 41.3 Å². The maximum atomic E-state index is 14.5. The van der Waals surface area contributed by atoms with Crippen molar-refractivity contribution >= 4 is 56.6 Å². The van der Waals surface area contributed by atoms with Crippen molar-refractivity contribution in [1.29, 1.82) is 0 Å². The van der Waals surface area contributed by atoms with E-state index in [4.69, 9.17) is 16.3 Å². The standard InChI is InChI=1S/C31H29BrClN3O5/c1-17-9-8-14-21(33)25(17)35-29(39)27-31-15-20(32)26(41-31)23(28(38)34-19-12-6-3-7-13-19)24(31)30(40)36(27)22(16-37)18-10-4-2-5-11-18/h2-14,20,22-24,26-27,37H,15-16H2,1H3,(H,34,38)(H,35,39)/t20?,22-,23+,24+,26+,27?,31?/m1/s1. The number of benzene rings is 3. The fraction of sp³-hybridized carbons (Fsp3) is 0.323. The molecule has 3 saturated heterocycles. The quantitative estimate of drug-likeness (QED) is 0.325. The number of nitrogens with zero attached hydrogens (tertiary/aromatic N) is 1. The molecule has 3 aromatic carbocycles. The van der Waals surface area contributed by atoms with Gasteiger partial charge >= 0.3 is 0 Å². The van der Waals surface area contributed by atoms with Crippen molar-refractivity contribution in [2.45, 2.75) is 42.0 Å². The van der Waals surface area contributed by atoms with Crippen LogP contribution in [0.25, 0.3) is 0 Å². The van der Waals surface area contributed by atoms with Gasteiger partial charge in [-0.3, -0.25) is 14.4 Å². The molecular weight excluding hydrogens is 610 g/mol. The average molecular weight is 639 g/mol. The van der Waals surface area contributed by atoms with E-state index in [1.165, 1.54) is 4.90 Å². The van der Waals surface area contributed by atoms with Crippen molar-refractivity contribution in [2.24, 2.45) is 11.8 Å². The van der Waals surface area contributed by atoms with Crippen LogP contribution in [0, 0.1) is 18.8 Å². The molecule has 3 aliphatic heterocycles. The largest absolute Gasteiger partial charge is 0.394 e. The molecule has 3 unspecified atom stereocenters. The van der Waals surface area contributed by atoms with Gasteiger partial charge < -0.3 is 25.4 Å². The number of aryl methyl sites for hydroxylation is 1. The van der Waals surface area contributed by atoms with E-state index in [1.807, 2.05) is 49.4 Å².